The van der Waals surface area contributed by atoms with Gasteiger partial charge in [-0.15, -0.1) is 0 Å². The van der Waals surface area contributed by atoms with E-state index in [0.29, 0.717) is 17.4 Å². The molecule has 0 spiro atoms. The topological polar surface area (TPSA) is 93.3 Å². The highest BCUT2D eigenvalue weighted by Gasteiger charge is 2.19. The lowest BCUT2D eigenvalue weighted by Crippen LogP contribution is -1.94. The van der Waals surface area contributed by atoms with Gasteiger partial charge in [-0.1, -0.05) is 6.07 Å². The Hall–Kier alpha value is -2.76. The first-order valence-corrected chi connectivity index (χ1v) is 5.00. The van der Waals surface area contributed by atoms with Crippen LogP contribution in [0.15, 0.2) is 36.7 Å². The van der Waals surface area contributed by atoms with Gasteiger partial charge in [0, 0.05) is 24.0 Å². The molecule has 1 aromatic heterocycles. The average Bonchev–Trinajstić information content (AvgIpc) is 2.39. The summed E-state index contributed by atoms with van der Waals surface area (Å²) < 4.78 is 0. The molecule has 0 atom stereocenters. The van der Waals surface area contributed by atoms with E-state index in [1.165, 1.54) is 18.3 Å². The van der Waals surface area contributed by atoms with Crippen molar-refractivity contribution in [1.29, 1.82) is 0 Å². The van der Waals surface area contributed by atoms with E-state index < -0.39 is 16.4 Å². The molecule has 0 radical (unpaired) electrons. The van der Waals surface area contributed by atoms with E-state index in [-0.39, 0.29) is 5.56 Å². The van der Waals surface area contributed by atoms with Gasteiger partial charge in [-0.25, -0.2) is 0 Å². The number of nitro benzene ring substituents is 1. The predicted octanol–water partition coefficient (Wildman–Crippen LogP) is 2.17. The summed E-state index contributed by atoms with van der Waals surface area (Å²) in [7, 11) is 0. The lowest BCUT2D eigenvalue weighted by molar-refractivity contribution is -0.385. The maximum Gasteiger partial charge on any atom is 0.312 e. The zero-order chi connectivity index (χ0) is 13.1. The minimum atomic E-state index is -0.734. The fourth-order valence-electron chi connectivity index (χ4n) is 1.57. The Labute approximate surface area is 102 Å². The molecule has 0 unspecified atom stereocenters. The van der Waals surface area contributed by atoms with Crippen LogP contribution in [0.25, 0.3) is 11.1 Å². The number of carbonyl (C=O) groups excluding carboxylic acids is 1. The van der Waals surface area contributed by atoms with Crippen molar-refractivity contribution < 1.29 is 14.8 Å². The van der Waals surface area contributed by atoms with Crippen LogP contribution in [0.1, 0.15) is 10.4 Å². The highest BCUT2D eigenvalue weighted by Crippen LogP contribution is 2.34. The lowest BCUT2D eigenvalue weighted by Gasteiger charge is -2.04. The van der Waals surface area contributed by atoms with Gasteiger partial charge in [-0.3, -0.25) is 19.9 Å². The third kappa shape index (κ3) is 2.03. The second-order valence-corrected chi connectivity index (χ2v) is 3.55. The van der Waals surface area contributed by atoms with Crippen molar-refractivity contribution in [2.45, 2.75) is 0 Å². The van der Waals surface area contributed by atoms with E-state index in [0.717, 1.165) is 0 Å². The maximum absolute atomic E-state index is 10.8. The summed E-state index contributed by atoms with van der Waals surface area (Å²) in [6.07, 6.45) is 3.46. The second-order valence-electron chi connectivity index (χ2n) is 3.55. The standard InChI is InChI=1S/C12H8N2O4/c15-7-10-4-9(8-2-1-3-13-6-8)5-11(12(10)16)14(17)18/h1-7,16H. The number of hydrogen-bond donors (Lipinski definition) is 1. The van der Waals surface area contributed by atoms with Crippen LogP contribution in [0.3, 0.4) is 0 Å². The van der Waals surface area contributed by atoms with Gasteiger partial charge < -0.3 is 5.11 Å². The molecule has 0 fully saturated rings. The third-order valence-electron chi connectivity index (χ3n) is 2.44. The van der Waals surface area contributed by atoms with E-state index >= 15 is 0 Å². The Kier molecular flexibility index (Phi) is 3.01. The summed E-state index contributed by atoms with van der Waals surface area (Å²) in [5, 5.41) is 20.3. The Bertz CT molecular complexity index is 611. The van der Waals surface area contributed by atoms with Gasteiger partial charge in [0.25, 0.3) is 0 Å². The number of hydrogen-bond acceptors (Lipinski definition) is 5. The number of aldehydes is 1. The van der Waals surface area contributed by atoms with E-state index in [4.69, 9.17) is 0 Å². The fourth-order valence-corrected chi connectivity index (χ4v) is 1.57. The number of rotatable bonds is 3. The Morgan fingerprint density at radius 2 is 2.11 bits per heavy atom. The molecular formula is C12H8N2O4. The molecule has 0 bridgehead atoms. The summed E-state index contributed by atoms with van der Waals surface area (Å²) in [5.74, 6) is -0.623. The summed E-state index contributed by atoms with van der Waals surface area (Å²) in [6.45, 7) is 0. The Morgan fingerprint density at radius 1 is 1.33 bits per heavy atom. The quantitative estimate of drug-likeness (QED) is 0.507. The molecule has 1 heterocycles. The predicted molar refractivity (Wildman–Crippen MR) is 63.4 cm³/mol. The van der Waals surface area contributed by atoms with Crippen molar-refractivity contribution in [3.63, 3.8) is 0 Å². The highest BCUT2D eigenvalue weighted by molar-refractivity contribution is 5.86. The number of aromatic nitrogens is 1. The number of phenols is 1. The zero-order valence-electron chi connectivity index (χ0n) is 9.11. The molecule has 1 aromatic carbocycles. The van der Waals surface area contributed by atoms with Crippen LogP contribution < -0.4 is 0 Å². The molecule has 6 heteroatoms. The van der Waals surface area contributed by atoms with Gasteiger partial charge in [0.1, 0.15) is 0 Å². The van der Waals surface area contributed by atoms with Crippen molar-refractivity contribution in [2.24, 2.45) is 0 Å². The molecule has 0 saturated heterocycles. The van der Waals surface area contributed by atoms with Crippen LogP contribution in [0, 0.1) is 10.1 Å². The average molecular weight is 244 g/mol. The van der Waals surface area contributed by atoms with Crippen LogP contribution in [0.5, 0.6) is 5.75 Å². The van der Waals surface area contributed by atoms with Gasteiger partial charge in [0.15, 0.2) is 6.29 Å². The first-order valence-electron chi connectivity index (χ1n) is 5.00. The largest absolute Gasteiger partial charge is 0.502 e. The zero-order valence-corrected chi connectivity index (χ0v) is 9.11. The van der Waals surface area contributed by atoms with Crippen molar-refractivity contribution in [1.82, 2.24) is 4.98 Å². The summed E-state index contributed by atoms with van der Waals surface area (Å²) >= 11 is 0. The molecule has 0 saturated carbocycles. The number of nitro groups is 1. The number of benzene rings is 1. The van der Waals surface area contributed by atoms with E-state index in [1.807, 2.05) is 0 Å². The van der Waals surface area contributed by atoms with Crippen molar-refractivity contribution >= 4 is 12.0 Å². The third-order valence-corrected chi connectivity index (χ3v) is 2.44. The minimum absolute atomic E-state index is 0.122. The number of aromatic hydroxyl groups is 1. The van der Waals surface area contributed by atoms with Gasteiger partial charge >= 0.3 is 5.69 Å². The van der Waals surface area contributed by atoms with Gasteiger partial charge in [0.05, 0.1) is 10.5 Å². The molecule has 2 rings (SSSR count). The SMILES string of the molecule is O=Cc1cc(-c2cccnc2)cc([N+](=O)[O-])c1O. The van der Waals surface area contributed by atoms with Crippen LogP contribution in [-0.4, -0.2) is 21.3 Å². The minimum Gasteiger partial charge on any atom is -0.502 e. The number of phenolic OH excluding ortho intramolecular Hbond substituents is 1. The van der Waals surface area contributed by atoms with E-state index in [2.05, 4.69) is 4.98 Å². The monoisotopic (exact) mass is 244 g/mol. The molecule has 0 aliphatic heterocycles. The van der Waals surface area contributed by atoms with Crippen LogP contribution in [-0.2, 0) is 0 Å². The summed E-state index contributed by atoms with van der Waals surface area (Å²) in [4.78, 5) is 24.7. The molecule has 0 aliphatic carbocycles. The van der Waals surface area contributed by atoms with Crippen molar-refractivity contribution in [3.8, 4) is 16.9 Å². The highest BCUT2D eigenvalue weighted by atomic mass is 16.6. The number of nitrogens with zero attached hydrogens (tertiary/aromatic N) is 2. The maximum atomic E-state index is 10.8. The summed E-state index contributed by atoms with van der Waals surface area (Å²) in [6, 6.07) is 5.97. The van der Waals surface area contributed by atoms with E-state index in [1.54, 1.807) is 18.3 Å². The van der Waals surface area contributed by atoms with Gasteiger partial charge in [0.2, 0.25) is 5.75 Å². The first kappa shape index (κ1) is 11.7. The van der Waals surface area contributed by atoms with Crippen LogP contribution >= 0.6 is 0 Å². The Balaban J connectivity index is 2.67. The molecule has 90 valence electrons. The second kappa shape index (κ2) is 4.62. The molecule has 2 aromatic rings. The molecule has 1 N–H and O–H groups in total. The first-order chi connectivity index (χ1) is 8.63. The van der Waals surface area contributed by atoms with Gasteiger partial charge in [-0.05, 0) is 17.7 Å². The lowest BCUT2D eigenvalue weighted by atomic mass is 10.0. The van der Waals surface area contributed by atoms with Crippen LogP contribution in [0.2, 0.25) is 0 Å². The smallest absolute Gasteiger partial charge is 0.312 e. The normalized spacial score (nSPS) is 10.0. The summed E-state index contributed by atoms with van der Waals surface area (Å²) in [5.41, 5.74) is 0.458. The number of carbonyl (C=O) groups is 1. The van der Waals surface area contributed by atoms with Crippen molar-refractivity contribution in [3.05, 3.63) is 52.3 Å². The molecule has 6 nitrogen and oxygen atoms in total. The number of pyridine rings is 1. The van der Waals surface area contributed by atoms with Crippen LogP contribution in [0.4, 0.5) is 5.69 Å². The Morgan fingerprint density at radius 3 is 2.67 bits per heavy atom. The van der Waals surface area contributed by atoms with E-state index in [9.17, 15) is 20.0 Å². The fraction of sp³-hybridized carbons (Fsp3) is 0. The molecule has 18 heavy (non-hydrogen) atoms. The van der Waals surface area contributed by atoms with Crippen molar-refractivity contribution in [2.75, 3.05) is 0 Å². The van der Waals surface area contributed by atoms with Gasteiger partial charge in [-0.2, -0.15) is 0 Å². The molecule has 0 aliphatic rings. The molecule has 0 amide bonds. The molecular weight excluding hydrogens is 236 g/mol.